The minimum atomic E-state index is -0.152. The number of amides is 1. The van der Waals surface area contributed by atoms with Gasteiger partial charge in [0.2, 0.25) is 5.91 Å². The molecule has 0 spiro atoms. The maximum absolute atomic E-state index is 10.9. The number of anilines is 1. The minimum absolute atomic E-state index is 0.105. The van der Waals surface area contributed by atoms with Gasteiger partial charge in [0, 0.05) is 34.9 Å². The number of carbonyl (C=O) groups is 1. The summed E-state index contributed by atoms with van der Waals surface area (Å²) in [5.41, 5.74) is 0.657. The third-order valence-electron chi connectivity index (χ3n) is 2.33. The minimum Gasteiger partial charge on any atom is -0.507 e. The topological polar surface area (TPSA) is 69.6 Å². The van der Waals surface area contributed by atoms with Crippen molar-refractivity contribution in [3.05, 3.63) is 30.3 Å². The Balaban J connectivity index is 2.55. The van der Waals surface area contributed by atoms with Gasteiger partial charge in [-0.15, -0.1) is 0 Å². The van der Waals surface area contributed by atoms with Gasteiger partial charge in [-0.2, -0.15) is 0 Å². The molecule has 0 saturated carbocycles. The van der Waals surface area contributed by atoms with Crippen LogP contribution in [0.2, 0.25) is 0 Å². The van der Waals surface area contributed by atoms with Crippen LogP contribution in [0.25, 0.3) is 10.8 Å². The van der Waals surface area contributed by atoms with E-state index in [1.165, 1.54) is 13.0 Å². The summed E-state index contributed by atoms with van der Waals surface area (Å²) >= 11 is 0.570. The lowest BCUT2D eigenvalue weighted by atomic mass is 10.1. The Morgan fingerprint density at radius 2 is 2.06 bits per heavy atom. The van der Waals surface area contributed by atoms with E-state index < -0.39 is 0 Å². The molecule has 0 atom stereocenters. The number of hydrogen-bond donors (Lipinski definition) is 3. The fourth-order valence-corrected chi connectivity index (χ4v) is 2.00. The van der Waals surface area contributed by atoms with Gasteiger partial charge in [0.15, 0.2) is 0 Å². The number of phenols is 1. The van der Waals surface area contributed by atoms with Crippen molar-refractivity contribution in [3.8, 4) is 5.75 Å². The number of nitrogens with one attached hydrogen (secondary N) is 1. The van der Waals surface area contributed by atoms with E-state index in [1.807, 2.05) is 0 Å². The highest BCUT2D eigenvalue weighted by Gasteiger charge is 2.05. The molecule has 0 heterocycles. The fraction of sp³-hybridized carbons (Fsp3) is 0.0833. The summed E-state index contributed by atoms with van der Waals surface area (Å²) in [4.78, 5) is 11.5. The molecular weight excluding hydrogens is 238 g/mol. The molecule has 2 aromatic rings. The van der Waals surface area contributed by atoms with Crippen molar-refractivity contribution in [2.75, 3.05) is 5.32 Å². The van der Waals surface area contributed by atoms with Gasteiger partial charge in [-0.1, -0.05) is 0 Å². The summed E-state index contributed by atoms with van der Waals surface area (Å²) in [7, 11) is 0. The molecule has 0 aliphatic heterocycles. The maximum atomic E-state index is 10.9. The van der Waals surface area contributed by atoms with E-state index in [0.717, 1.165) is 5.39 Å². The quantitative estimate of drug-likeness (QED) is 0.715. The van der Waals surface area contributed by atoms with Crippen LogP contribution in [-0.4, -0.2) is 15.6 Å². The fourth-order valence-electron chi connectivity index (χ4n) is 1.66. The second-order valence-electron chi connectivity index (χ2n) is 3.65. The number of aromatic hydroxyl groups is 1. The first kappa shape index (κ1) is 11.8. The lowest BCUT2D eigenvalue weighted by Gasteiger charge is -2.07. The summed E-state index contributed by atoms with van der Waals surface area (Å²) in [5.74, 6) is -0.0466. The number of rotatable bonds is 2. The predicted molar refractivity (Wildman–Crippen MR) is 68.4 cm³/mol. The van der Waals surface area contributed by atoms with Crippen molar-refractivity contribution in [2.24, 2.45) is 0 Å². The second kappa shape index (κ2) is 4.65. The zero-order chi connectivity index (χ0) is 12.4. The number of benzene rings is 2. The molecule has 2 rings (SSSR count). The van der Waals surface area contributed by atoms with E-state index >= 15 is 0 Å². The average Bonchev–Trinajstić information content (AvgIpc) is 2.27. The van der Waals surface area contributed by atoms with Gasteiger partial charge in [-0.05, 0) is 35.7 Å². The van der Waals surface area contributed by atoms with Gasteiger partial charge in [-0.3, -0.25) is 4.79 Å². The van der Waals surface area contributed by atoms with E-state index in [0.29, 0.717) is 28.0 Å². The Morgan fingerprint density at radius 3 is 2.71 bits per heavy atom. The summed E-state index contributed by atoms with van der Waals surface area (Å²) in [6.07, 6.45) is 0. The van der Waals surface area contributed by atoms with Crippen molar-refractivity contribution in [2.45, 2.75) is 11.8 Å². The first-order chi connectivity index (χ1) is 8.10. The largest absolute Gasteiger partial charge is 0.507 e. The third-order valence-corrected chi connectivity index (χ3v) is 2.78. The summed E-state index contributed by atoms with van der Waals surface area (Å²) in [6, 6.07) is 8.42. The molecule has 0 unspecified atom stereocenters. The number of hydrogen-bond acceptors (Lipinski definition) is 4. The summed E-state index contributed by atoms with van der Waals surface area (Å²) < 4.78 is 8.97. The highest BCUT2D eigenvalue weighted by Crippen LogP contribution is 2.31. The SMILES string of the molecule is CC(=O)Nc1ccc2c(O)cc(SO)cc2c1. The molecule has 0 radical (unpaired) electrons. The average molecular weight is 249 g/mol. The lowest BCUT2D eigenvalue weighted by molar-refractivity contribution is -0.114. The van der Waals surface area contributed by atoms with E-state index in [2.05, 4.69) is 5.32 Å². The van der Waals surface area contributed by atoms with Crippen molar-refractivity contribution >= 4 is 34.4 Å². The van der Waals surface area contributed by atoms with Gasteiger partial charge in [0.05, 0.1) is 0 Å². The molecule has 0 aliphatic rings. The van der Waals surface area contributed by atoms with Gasteiger partial charge in [0.25, 0.3) is 0 Å². The molecule has 5 heteroatoms. The summed E-state index contributed by atoms with van der Waals surface area (Å²) in [6.45, 7) is 1.43. The molecule has 0 bridgehead atoms. The molecule has 17 heavy (non-hydrogen) atoms. The van der Waals surface area contributed by atoms with Crippen LogP contribution >= 0.6 is 12.0 Å². The second-order valence-corrected chi connectivity index (χ2v) is 4.30. The third kappa shape index (κ3) is 2.51. The van der Waals surface area contributed by atoms with Crippen molar-refractivity contribution in [1.82, 2.24) is 0 Å². The molecule has 0 saturated heterocycles. The first-order valence-electron chi connectivity index (χ1n) is 4.96. The van der Waals surface area contributed by atoms with Gasteiger partial charge in [0.1, 0.15) is 5.75 Å². The Kier molecular flexibility index (Phi) is 3.21. The van der Waals surface area contributed by atoms with E-state index in [1.54, 1.807) is 24.3 Å². The molecule has 0 aliphatic carbocycles. The zero-order valence-electron chi connectivity index (χ0n) is 9.10. The number of fused-ring (bicyclic) bond motifs is 1. The first-order valence-corrected chi connectivity index (χ1v) is 5.73. The molecular formula is C12H11NO3S. The highest BCUT2D eigenvalue weighted by molar-refractivity contribution is 7.93. The molecule has 0 aromatic heterocycles. The van der Waals surface area contributed by atoms with E-state index in [9.17, 15) is 9.90 Å². The van der Waals surface area contributed by atoms with Crippen LogP contribution in [0.4, 0.5) is 5.69 Å². The van der Waals surface area contributed by atoms with E-state index in [4.69, 9.17) is 4.55 Å². The Morgan fingerprint density at radius 1 is 1.29 bits per heavy atom. The Labute approximate surface area is 102 Å². The molecule has 2 aromatic carbocycles. The van der Waals surface area contributed by atoms with Crippen molar-refractivity contribution in [3.63, 3.8) is 0 Å². The highest BCUT2D eigenvalue weighted by atomic mass is 32.2. The monoisotopic (exact) mass is 249 g/mol. The zero-order valence-corrected chi connectivity index (χ0v) is 9.91. The lowest BCUT2D eigenvalue weighted by Crippen LogP contribution is -2.05. The summed E-state index contributed by atoms with van der Waals surface area (Å²) in [5, 5.41) is 13.8. The molecule has 88 valence electrons. The Hall–Kier alpha value is -1.72. The predicted octanol–water partition coefficient (Wildman–Crippen LogP) is 3.07. The van der Waals surface area contributed by atoms with Crippen LogP contribution in [0.1, 0.15) is 6.92 Å². The van der Waals surface area contributed by atoms with Crippen molar-refractivity contribution in [1.29, 1.82) is 0 Å². The van der Waals surface area contributed by atoms with Crippen LogP contribution in [0.5, 0.6) is 5.75 Å². The van der Waals surface area contributed by atoms with Gasteiger partial charge >= 0.3 is 0 Å². The number of phenolic OH excluding ortho intramolecular Hbond substituents is 1. The normalized spacial score (nSPS) is 10.5. The molecule has 4 nitrogen and oxygen atoms in total. The smallest absolute Gasteiger partial charge is 0.221 e. The van der Waals surface area contributed by atoms with Gasteiger partial charge in [-0.25, -0.2) is 0 Å². The van der Waals surface area contributed by atoms with Crippen LogP contribution in [0.15, 0.2) is 35.2 Å². The molecule has 1 amide bonds. The maximum Gasteiger partial charge on any atom is 0.221 e. The standard InChI is InChI=1S/C12H11NO3S/c1-7(14)13-9-2-3-11-8(4-9)5-10(17-16)6-12(11)15/h2-6,15-16H,1H3,(H,13,14). The number of carbonyl (C=O) groups excluding carboxylic acids is 1. The van der Waals surface area contributed by atoms with Crippen LogP contribution < -0.4 is 5.32 Å². The van der Waals surface area contributed by atoms with Gasteiger partial charge < -0.3 is 15.0 Å². The van der Waals surface area contributed by atoms with E-state index in [-0.39, 0.29) is 11.7 Å². The molecule has 0 fully saturated rings. The molecule has 3 N–H and O–H groups in total. The Bertz CT molecular complexity index is 583. The van der Waals surface area contributed by atoms with Crippen LogP contribution in [0, 0.1) is 0 Å². The van der Waals surface area contributed by atoms with Crippen LogP contribution in [0.3, 0.4) is 0 Å². The van der Waals surface area contributed by atoms with Crippen molar-refractivity contribution < 1.29 is 14.5 Å². The van der Waals surface area contributed by atoms with Crippen LogP contribution in [-0.2, 0) is 4.79 Å².